The molecule has 0 spiro atoms. The zero-order valence-electron chi connectivity index (χ0n) is 11.4. The van der Waals surface area contributed by atoms with Crippen LogP contribution in [0.3, 0.4) is 0 Å². The third kappa shape index (κ3) is 2.51. The van der Waals surface area contributed by atoms with Crippen LogP contribution < -0.4 is 0 Å². The topological polar surface area (TPSA) is 83.7 Å². The summed E-state index contributed by atoms with van der Waals surface area (Å²) in [5, 5.41) is 20.1. The zero-order valence-corrected chi connectivity index (χ0v) is 11.4. The van der Waals surface area contributed by atoms with Crippen LogP contribution in [-0.2, 0) is 11.3 Å². The number of hydrogen-bond acceptors (Lipinski definition) is 4. The van der Waals surface area contributed by atoms with Gasteiger partial charge in [-0.1, -0.05) is 19.1 Å². The van der Waals surface area contributed by atoms with Gasteiger partial charge in [-0.15, -0.1) is 0 Å². The number of likely N-dealkylation sites (tertiary alicyclic amines) is 1. The van der Waals surface area contributed by atoms with E-state index in [1.54, 1.807) is 12.1 Å². The predicted molar refractivity (Wildman–Crippen MR) is 73.4 cm³/mol. The van der Waals surface area contributed by atoms with Gasteiger partial charge in [-0.25, -0.2) is 0 Å². The zero-order chi connectivity index (χ0) is 14.8. The molecule has 1 heterocycles. The fraction of sp³-hybridized carbons (Fsp3) is 0.500. The smallest absolute Gasteiger partial charge is 0.324 e. The van der Waals surface area contributed by atoms with Crippen LogP contribution in [0.1, 0.15) is 31.7 Å². The molecule has 0 bridgehead atoms. The molecule has 6 nitrogen and oxygen atoms in total. The SMILES string of the molecule is CCC1(C(=O)O)CCCN1Cc1ccc([N+](=O)[O-])cc1. The first-order chi connectivity index (χ1) is 9.49. The van der Waals surface area contributed by atoms with Crippen LogP contribution in [0.15, 0.2) is 24.3 Å². The maximum atomic E-state index is 11.6. The number of nitro groups is 1. The van der Waals surface area contributed by atoms with E-state index >= 15 is 0 Å². The van der Waals surface area contributed by atoms with Gasteiger partial charge < -0.3 is 5.11 Å². The summed E-state index contributed by atoms with van der Waals surface area (Å²) in [6.45, 7) is 3.15. The van der Waals surface area contributed by atoms with Gasteiger partial charge in [0.15, 0.2) is 0 Å². The summed E-state index contributed by atoms with van der Waals surface area (Å²) in [6.07, 6.45) is 2.09. The first kappa shape index (κ1) is 14.5. The number of hydrogen-bond donors (Lipinski definition) is 1. The van der Waals surface area contributed by atoms with E-state index in [0.717, 1.165) is 18.5 Å². The maximum absolute atomic E-state index is 11.6. The first-order valence-corrected chi connectivity index (χ1v) is 6.71. The number of carboxylic acid groups (broad SMARTS) is 1. The van der Waals surface area contributed by atoms with Crippen molar-refractivity contribution in [2.75, 3.05) is 6.54 Å². The summed E-state index contributed by atoms with van der Waals surface area (Å²) in [6, 6.07) is 6.30. The molecule has 1 aromatic carbocycles. The Labute approximate surface area is 117 Å². The van der Waals surface area contributed by atoms with Gasteiger partial charge in [0, 0.05) is 18.7 Å². The van der Waals surface area contributed by atoms with E-state index in [1.165, 1.54) is 12.1 Å². The summed E-state index contributed by atoms with van der Waals surface area (Å²) in [5.41, 5.74) is 0.161. The average molecular weight is 278 g/mol. The molecular formula is C14H18N2O4. The van der Waals surface area contributed by atoms with Gasteiger partial charge in [0.2, 0.25) is 0 Å². The van der Waals surface area contributed by atoms with Gasteiger partial charge >= 0.3 is 5.97 Å². The average Bonchev–Trinajstić information content (AvgIpc) is 2.83. The summed E-state index contributed by atoms with van der Waals surface area (Å²) >= 11 is 0. The van der Waals surface area contributed by atoms with Crippen LogP contribution in [0, 0.1) is 10.1 Å². The molecule has 1 saturated heterocycles. The highest BCUT2D eigenvalue weighted by Crippen LogP contribution is 2.34. The van der Waals surface area contributed by atoms with Gasteiger partial charge in [-0.2, -0.15) is 0 Å². The van der Waals surface area contributed by atoms with Crippen LogP contribution in [0.5, 0.6) is 0 Å². The molecule has 6 heteroatoms. The van der Waals surface area contributed by atoms with Crippen LogP contribution in [0.25, 0.3) is 0 Å². The molecule has 0 radical (unpaired) electrons. The van der Waals surface area contributed by atoms with Crippen molar-refractivity contribution >= 4 is 11.7 Å². The highest BCUT2D eigenvalue weighted by Gasteiger charge is 2.45. The van der Waals surface area contributed by atoms with Crippen LogP contribution in [-0.4, -0.2) is 33.0 Å². The minimum atomic E-state index is -0.790. The Bertz CT molecular complexity index is 514. The Kier molecular flexibility index (Phi) is 4.04. The monoisotopic (exact) mass is 278 g/mol. The van der Waals surface area contributed by atoms with E-state index in [2.05, 4.69) is 0 Å². The lowest BCUT2D eigenvalue weighted by Gasteiger charge is -2.33. The number of carbonyl (C=O) groups is 1. The third-order valence-corrected chi connectivity index (χ3v) is 4.13. The molecule has 2 rings (SSSR count). The van der Waals surface area contributed by atoms with E-state index < -0.39 is 16.4 Å². The minimum absolute atomic E-state index is 0.0511. The van der Waals surface area contributed by atoms with Crippen molar-refractivity contribution in [3.63, 3.8) is 0 Å². The lowest BCUT2D eigenvalue weighted by Crippen LogP contribution is -2.49. The summed E-state index contributed by atoms with van der Waals surface area (Å²) in [7, 11) is 0. The Morgan fingerprint density at radius 1 is 1.45 bits per heavy atom. The molecule has 1 unspecified atom stereocenters. The predicted octanol–water partition coefficient (Wildman–Crippen LogP) is 2.42. The number of aliphatic carboxylic acids is 1. The van der Waals surface area contributed by atoms with E-state index in [0.29, 0.717) is 19.4 Å². The van der Waals surface area contributed by atoms with Crippen molar-refractivity contribution in [2.45, 2.75) is 38.3 Å². The molecule has 1 aliphatic rings. The van der Waals surface area contributed by atoms with Crippen molar-refractivity contribution in [2.24, 2.45) is 0 Å². The van der Waals surface area contributed by atoms with Gasteiger partial charge in [0.1, 0.15) is 5.54 Å². The molecule has 0 aromatic heterocycles. The second-order valence-corrected chi connectivity index (χ2v) is 5.14. The fourth-order valence-corrected chi connectivity index (χ4v) is 2.90. The molecular weight excluding hydrogens is 260 g/mol. The normalized spacial score (nSPS) is 22.9. The first-order valence-electron chi connectivity index (χ1n) is 6.71. The molecule has 1 aromatic rings. The molecule has 0 aliphatic carbocycles. The number of nitrogens with zero attached hydrogens (tertiary/aromatic N) is 2. The highest BCUT2D eigenvalue weighted by atomic mass is 16.6. The van der Waals surface area contributed by atoms with E-state index in [-0.39, 0.29) is 5.69 Å². The number of benzene rings is 1. The molecule has 0 amide bonds. The third-order valence-electron chi connectivity index (χ3n) is 4.13. The van der Waals surface area contributed by atoms with Gasteiger partial charge in [0.25, 0.3) is 5.69 Å². The Morgan fingerprint density at radius 2 is 2.10 bits per heavy atom. The maximum Gasteiger partial charge on any atom is 0.324 e. The molecule has 0 saturated carbocycles. The largest absolute Gasteiger partial charge is 0.480 e. The molecule has 108 valence electrons. The van der Waals surface area contributed by atoms with Crippen LogP contribution in [0.2, 0.25) is 0 Å². The minimum Gasteiger partial charge on any atom is -0.480 e. The Morgan fingerprint density at radius 3 is 2.60 bits per heavy atom. The van der Waals surface area contributed by atoms with Crippen molar-refractivity contribution in [1.82, 2.24) is 4.90 Å². The van der Waals surface area contributed by atoms with Gasteiger partial charge in [0.05, 0.1) is 4.92 Å². The number of non-ortho nitro benzene ring substituents is 1. The van der Waals surface area contributed by atoms with Crippen molar-refractivity contribution in [3.05, 3.63) is 39.9 Å². The standard InChI is InChI=1S/C14H18N2O4/c1-2-14(13(17)18)8-3-9-15(14)10-11-4-6-12(7-5-11)16(19)20/h4-7H,2-3,8-10H2,1H3,(H,17,18). The van der Waals surface area contributed by atoms with Crippen LogP contribution in [0.4, 0.5) is 5.69 Å². The molecule has 20 heavy (non-hydrogen) atoms. The lowest BCUT2D eigenvalue weighted by atomic mass is 9.92. The number of nitro benzene ring substituents is 1. The van der Waals surface area contributed by atoms with E-state index in [1.807, 2.05) is 11.8 Å². The second kappa shape index (κ2) is 5.58. The second-order valence-electron chi connectivity index (χ2n) is 5.14. The van der Waals surface area contributed by atoms with E-state index in [9.17, 15) is 20.0 Å². The number of carboxylic acids is 1. The molecule has 1 aliphatic heterocycles. The van der Waals surface area contributed by atoms with Gasteiger partial charge in [-0.05, 0) is 31.4 Å². The fourth-order valence-electron chi connectivity index (χ4n) is 2.90. The Balaban J connectivity index is 2.16. The molecule has 1 fully saturated rings. The summed E-state index contributed by atoms with van der Waals surface area (Å²) < 4.78 is 0. The summed E-state index contributed by atoms with van der Waals surface area (Å²) in [4.78, 5) is 23.7. The van der Waals surface area contributed by atoms with E-state index in [4.69, 9.17) is 0 Å². The molecule has 1 N–H and O–H groups in total. The van der Waals surface area contributed by atoms with Gasteiger partial charge in [-0.3, -0.25) is 19.8 Å². The Hall–Kier alpha value is -1.95. The molecule has 1 atom stereocenters. The van der Waals surface area contributed by atoms with Crippen molar-refractivity contribution in [3.8, 4) is 0 Å². The quantitative estimate of drug-likeness (QED) is 0.660. The van der Waals surface area contributed by atoms with Crippen molar-refractivity contribution in [1.29, 1.82) is 0 Å². The van der Waals surface area contributed by atoms with Crippen LogP contribution >= 0.6 is 0 Å². The van der Waals surface area contributed by atoms with Crippen molar-refractivity contribution < 1.29 is 14.8 Å². The lowest BCUT2D eigenvalue weighted by molar-refractivity contribution is -0.384. The number of rotatable bonds is 5. The summed E-state index contributed by atoms with van der Waals surface area (Å²) in [5.74, 6) is -0.778. The highest BCUT2D eigenvalue weighted by molar-refractivity contribution is 5.79.